The van der Waals surface area contributed by atoms with Gasteiger partial charge in [0.25, 0.3) is 5.91 Å². The van der Waals surface area contributed by atoms with Gasteiger partial charge in [0.05, 0.1) is 31.0 Å². The molecule has 0 aliphatic carbocycles. The van der Waals surface area contributed by atoms with Gasteiger partial charge in [0, 0.05) is 26.6 Å². The Labute approximate surface area is 255 Å². The lowest BCUT2D eigenvalue weighted by molar-refractivity contribution is 0.0726. The number of amides is 1. The second-order valence-corrected chi connectivity index (χ2v) is 10.1. The van der Waals surface area contributed by atoms with Crippen LogP contribution in [0.1, 0.15) is 26.4 Å². The highest BCUT2D eigenvalue weighted by Gasteiger charge is 2.22. The summed E-state index contributed by atoms with van der Waals surface area (Å²) in [5.41, 5.74) is 5.41. The molecule has 0 fully saturated rings. The number of carbonyl (C=O) groups excluding carboxylic acids is 2. The SMILES string of the molecule is COc1cc(C=NNC(=O)c2[nH]c3c(Cl)cccc3c2-c2ccccc2Cl)ccc1OC(=O)c1cc(Cl)ccc1OC. The fourth-order valence-electron chi connectivity index (χ4n) is 4.36. The largest absolute Gasteiger partial charge is 0.496 e. The zero-order valence-electron chi connectivity index (χ0n) is 22.2. The average Bonchev–Trinajstić information content (AvgIpc) is 3.39. The lowest BCUT2D eigenvalue weighted by atomic mass is 10.0. The summed E-state index contributed by atoms with van der Waals surface area (Å²) in [6, 6.07) is 22.1. The standard InChI is InChI=1S/C31H22Cl3N3O5/c1-40-24-13-11-18(32)15-21(24)31(39)42-25-12-10-17(14-26(25)41-2)16-35-37-30(38)29-27(19-6-3-4-8-22(19)33)20-7-5-9-23(34)28(20)36-29/h3-16,36H,1-2H3,(H,37,38). The normalized spacial score (nSPS) is 11.1. The van der Waals surface area contributed by atoms with Gasteiger partial charge >= 0.3 is 5.97 Å². The number of fused-ring (bicyclic) bond motifs is 1. The van der Waals surface area contributed by atoms with Crippen molar-refractivity contribution in [3.8, 4) is 28.4 Å². The number of nitrogens with one attached hydrogen (secondary N) is 2. The number of hydrogen-bond donors (Lipinski definition) is 2. The quantitative estimate of drug-likeness (QED) is 0.0796. The number of esters is 1. The van der Waals surface area contributed by atoms with Gasteiger partial charge in [-0.3, -0.25) is 4.79 Å². The van der Waals surface area contributed by atoms with Crippen LogP contribution in [0.3, 0.4) is 0 Å². The molecule has 212 valence electrons. The van der Waals surface area contributed by atoms with E-state index in [0.717, 1.165) is 5.39 Å². The van der Waals surface area contributed by atoms with Crippen molar-refractivity contribution in [1.82, 2.24) is 10.4 Å². The Bertz CT molecular complexity index is 1850. The maximum Gasteiger partial charge on any atom is 0.347 e. The van der Waals surface area contributed by atoms with Gasteiger partial charge in [0.15, 0.2) is 11.5 Å². The van der Waals surface area contributed by atoms with Crippen LogP contribution in [0.15, 0.2) is 84.0 Å². The van der Waals surface area contributed by atoms with E-state index >= 15 is 0 Å². The first kappa shape index (κ1) is 29.0. The molecule has 0 spiro atoms. The second kappa shape index (κ2) is 12.6. The molecule has 11 heteroatoms. The molecule has 0 bridgehead atoms. The summed E-state index contributed by atoms with van der Waals surface area (Å²) < 4.78 is 16.2. The second-order valence-electron chi connectivity index (χ2n) is 8.86. The zero-order valence-corrected chi connectivity index (χ0v) is 24.5. The summed E-state index contributed by atoms with van der Waals surface area (Å²) >= 11 is 18.9. The monoisotopic (exact) mass is 621 g/mol. The van der Waals surface area contributed by atoms with Crippen molar-refractivity contribution in [2.45, 2.75) is 0 Å². The van der Waals surface area contributed by atoms with Crippen LogP contribution in [0.25, 0.3) is 22.0 Å². The molecule has 4 aromatic carbocycles. The first-order valence-corrected chi connectivity index (χ1v) is 13.6. The Balaban J connectivity index is 1.37. The summed E-state index contributed by atoms with van der Waals surface area (Å²) in [5, 5.41) is 6.16. The van der Waals surface area contributed by atoms with E-state index in [1.54, 1.807) is 48.5 Å². The number of ether oxygens (including phenoxy) is 3. The third kappa shape index (κ3) is 5.92. The molecule has 5 rings (SSSR count). The first-order chi connectivity index (χ1) is 20.3. The van der Waals surface area contributed by atoms with Gasteiger partial charge in [-0.05, 0) is 54.1 Å². The van der Waals surface area contributed by atoms with Crippen molar-refractivity contribution in [3.05, 3.63) is 111 Å². The molecule has 0 atom stereocenters. The van der Waals surface area contributed by atoms with E-state index in [1.165, 1.54) is 26.5 Å². The number of carbonyl (C=O) groups is 2. The minimum atomic E-state index is -0.672. The van der Waals surface area contributed by atoms with Crippen molar-refractivity contribution < 1.29 is 23.8 Å². The number of H-pyrrole nitrogens is 1. The zero-order chi connectivity index (χ0) is 29.8. The number of rotatable bonds is 8. The number of benzene rings is 4. The van der Waals surface area contributed by atoms with Crippen LogP contribution >= 0.6 is 34.8 Å². The van der Waals surface area contributed by atoms with E-state index < -0.39 is 11.9 Å². The maximum atomic E-state index is 13.3. The van der Waals surface area contributed by atoms with Crippen molar-refractivity contribution in [3.63, 3.8) is 0 Å². The molecule has 8 nitrogen and oxygen atoms in total. The summed E-state index contributed by atoms with van der Waals surface area (Å²) in [6.45, 7) is 0. The molecule has 0 aliphatic heterocycles. The van der Waals surface area contributed by atoms with Gasteiger partial charge in [-0.1, -0.05) is 65.1 Å². The number of hydrogen-bond acceptors (Lipinski definition) is 6. The predicted octanol–water partition coefficient (Wildman–Crippen LogP) is 7.80. The van der Waals surface area contributed by atoms with Crippen molar-refractivity contribution in [2.24, 2.45) is 5.10 Å². The van der Waals surface area contributed by atoms with Gasteiger partial charge in [-0.25, -0.2) is 10.2 Å². The number of aromatic nitrogens is 1. The average molecular weight is 623 g/mol. The van der Waals surface area contributed by atoms with Gasteiger partial charge in [0.1, 0.15) is 17.0 Å². The van der Waals surface area contributed by atoms with Crippen LogP contribution < -0.4 is 19.6 Å². The van der Waals surface area contributed by atoms with E-state index in [4.69, 9.17) is 49.0 Å². The molecule has 0 radical (unpaired) electrons. The third-order valence-electron chi connectivity index (χ3n) is 6.30. The van der Waals surface area contributed by atoms with E-state index in [0.29, 0.717) is 43.0 Å². The molecule has 1 amide bonds. The smallest absolute Gasteiger partial charge is 0.347 e. The molecule has 5 aromatic rings. The van der Waals surface area contributed by atoms with Crippen LogP contribution in [0.5, 0.6) is 17.2 Å². The Morgan fingerprint density at radius 1 is 0.833 bits per heavy atom. The fourth-order valence-corrected chi connectivity index (χ4v) is 4.98. The molecular weight excluding hydrogens is 601 g/mol. The van der Waals surface area contributed by atoms with Crippen LogP contribution in [0, 0.1) is 0 Å². The first-order valence-electron chi connectivity index (χ1n) is 12.4. The molecule has 1 heterocycles. The minimum absolute atomic E-state index is 0.162. The van der Waals surface area contributed by atoms with Crippen molar-refractivity contribution >= 4 is 63.8 Å². The molecular formula is C31H22Cl3N3O5. The molecule has 2 N–H and O–H groups in total. The van der Waals surface area contributed by atoms with E-state index in [1.807, 2.05) is 24.3 Å². The van der Waals surface area contributed by atoms with E-state index in [2.05, 4.69) is 15.5 Å². The Hall–Kier alpha value is -4.50. The topological polar surface area (TPSA) is 102 Å². The number of aromatic amines is 1. The highest BCUT2D eigenvalue weighted by Crippen LogP contribution is 2.38. The number of methoxy groups -OCH3 is 2. The highest BCUT2D eigenvalue weighted by atomic mass is 35.5. The lowest BCUT2D eigenvalue weighted by Gasteiger charge is -2.12. The van der Waals surface area contributed by atoms with Crippen LogP contribution in [-0.4, -0.2) is 37.3 Å². The van der Waals surface area contributed by atoms with Gasteiger partial charge in [-0.2, -0.15) is 5.10 Å². The van der Waals surface area contributed by atoms with Crippen molar-refractivity contribution in [2.75, 3.05) is 14.2 Å². The third-order valence-corrected chi connectivity index (χ3v) is 7.18. The minimum Gasteiger partial charge on any atom is -0.496 e. The molecule has 0 unspecified atom stereocenters. The van der Waals surface area contributed by atoms with Gasteiger partial charge in [0.2, 0.25) is 0 Å². The van der Waals surface area contributed by atoms with E-state index in [-0.39, 0.29) is 22.8 Å². The predicted molar refractivity (Wildman–Crippen MR) is 165 cm³/mol. The molecule has 0 saturated heterocycles. The molecule has 0 aliphatic rings. The van der Waals surface area contributed by atoms with E-state index in [9.17, 15) is 9.59 Å². The van der Waals surface area contributed by atoms with Crippen LogP contribution in [0.4, 0.5) is 0 Å². The number of para-hydroxylation sites is 1. The molecule has 42 heavy (non-hydrogen) atoms. The number of nitrogens with zero attached hydrogens (tertiary/aromatic N) is 1. The maximum absolute atomic E-state index is 13.3. The van der Waals surface area contributed by atoms with Gasteiger partial charge in [-0.15, -0.1) is 0 Å². The summed E-state index contributed by atoms with van der Waals surface area (Å²) in [5.74, 6) is -0.413. The summed E-state index contributed by atoms with van der Waals surface area (Å²) in [7, 11) is 2.88. The Morgan fingerprint density at radius 3 is 2.33 bits per heavy atom. The molecule has 0 saturated carbocycles. The van der Waals surface area contributed by atoms with Crippen molar-refractivity contribution in [1.29, 1.82) is 0 Å². The summed E-state index contributed by atoms with van der Waals surface area (Å²) in [4.78, 5) is 29.2. The highest BCUT2D eigenvalue weighted by molar-refractivity contribution is 6.37. The lowest BCUT2D eigenvalue weighted by Crippen LogP contribution is -2.19. The summed E-state index contributed by atoms with van der Waals surface area (Å²) in [6.07, 6.45) is 1.43. The Kier molecular flexibility index (Phi) is 8.68. The number of hydrazone groups is 1. The number of halogens is 3. The van der Waals surface area contributed by atoms with Gasteiger partial charge < -0.3 is 19.2 Å². The van der Waals surface area contributed by atoms with Crippen LogP contribution in [-0.2, 0) is 0 Å². The Morgan fingerprint density at radius 2 is 1.57 bits per heavy atom. The molecule has 1 aromatic heterocycles. The fraction of sp³-hybridized carbons (Fsp3) is 0.0645. The van der Waals surface area contributed by atoms with Crippen LogP contribution in [0.2, 0.25) is 15.1 Å².